The fourth-order valence-electron chi connectivity index (χ4n) is 5.05. The van der Waals surface area contributed by atoms with Gasteiger partial charge in [-0.15, -0.1) is 0 Å². The first-order valence-corrected chi connectivity index (χ1v) is 11.8. The second-order valence-electron chi connectivity index (χ2n) is 9.21. The highest BCUT2D eigenvalue weighted by atomic mass is 16.6. The number of hydrogen-bond acceptors (Lipinski definition) is 6. The van der Waals surface area contributed by atoms with Crippen LogP contribution in [0.15, 0.2) is 79.0 Å². The molecule has 172 valence electrons. The minimum atomic E-state index is -0.0606. The number of rotatable bonds is 4. The van der Waals surface area contributed by atoms with Gasteiger partial charge in [-0.25, -0.2) is 9.97 Å². The molecule has 1 fully saturated rings. The quantitative estimate of drug-likeness (QED) is 0.425. The smallest absolute Gasteiger partial charge is 0.228 e. The molecule has 1 amide bonds. The lowest BCUT2D eigenvalue weighted by atomic mass is 10.1. The third-order valence-corrected chi connectivity index (χ3v) is 6.86. The normalized spacial score (nSPS) is 20.3. The Morgan fingerprint density at radius 1 is 0.914 bits per heavy atom. The molecular formula is C28H23N5O2. The average molecular weight is 462 g/mol. The largest absolute Gasteiger partial charge is 0.348 e. The van der Waals surface area contributed by atoms with E-state index in [0.29, 0.717) is 5.95 Å². The van der Waals surface area contributed by atoms with Crippen molar-refractivity contribution < 1.29 is 9.53 Å². The number of benzene rings is 3. The van der Waals surface area contributed by atoms with Crippen molar-refractivity contribution in [3.63, 3.8) is 0 Å². The van der Waals surface area contributed by atoms with Gasteiger partial charge in [-0.3, -0.25) is 9.69 Å². The van der Waals surface area contributed by atoms with Gasteiger partial charge in [0.05, 0.1) is 17.8 Å². The number of hydrogen-bond donors (Lipinski definition) is 2. The van der Waals surface area contributed by atoms with E-state index < -0.39 is 0 Å². The van der Waals surface area contributed by atoms with Gasteiger partial charge in [-0.2, -0.15) is 0 Å². The number of nitrogens with zero attached hydrogens (tertiary/aromatic N) is 3. The Labute approximate surface area is 202 Å². The van der Waals surface area contributed by atoms with Gasteiger partial charge in [-0.1, -0.05) is 54.6 Å². The number of epoxide rings is 1. The minimum Gasteiger partial charge on any atom is -0.348 e. The van der Waals surface area contributed by atoms with E-state index in [1.165, 1.54) is 11.1 Å². The number of amides is 1. The molecule has 7 rings (SSSR count). The Morgan fingerprint density at radius 3 is 2.46 bits per heavy atom. The molecule has 2 atom stereocenters. The van der Waals surface area contributed by atoms with Crippen LogP contribution in [0.2, 0.25) is 0 Å². The molecule has 7 nitrogen and oxygen atoms in total. The first-order chi connectivity index (χ1) is 17.2. The molecule has 35 heavy (non-hydrogen) atoms. The maximum absolute atomic E-state index is 12.2. The highest BCUT2D eigenvalue weighted by molar-refractivity contribution is 5.99. The molecule has 3 aliphatic heterocycles. The molecule has 4 heterocycles. The molecule has 7 heteroatoms. The fourth-order valence-corrected chi connectivity index (χ4v) is 5.05. The topological polar surface area (TPSA) is 82.7 Å². The van der Waals surface area contributed by atoms with Crippen LogP contribution in [-0.4, -0.2) is 27.0 Å². The third-order valence-electron chi connectivity index (χ3n) is 6.86. The van der Waals surface area contributed by atoms with E-state index in [-0.39, 0.29) is 24.7 Å². The van der Waals surface area contributed by atoms with E-state index in [1.54, 1.807) is 6.20 Å². The average Bonchev–Trinajstić information content (AvgIpc) is 3.59. The summed E-state index contributed by atoms with van der Waals surface area (Å²) in [4.78, 5) is 23.8. The Hall–Kier alpha value is -4.07. The Balaban J connectivity index is 1.07. The van der Waals surface area contributed by atoms with E-state index in [9.17, 15) is 4.79 Å². The van der Waals surface area contributed by atoms with Crippen molar-refractivity contribution in [2.75, 3.05) is 10.6 Å². The van der Waals surface area contributed by atoms with Gasteiger partial charge in [0, 0.05) is 36.1 Å². The summed E-state index contributed by atoms with van der Waals surface area (Å²) in [5.74, 6) is 0.436. The van der Waals surface area contributed by atoms with Gasteiger partial charge >= 0.3 is 0 Å². The molecule has 3 aromatic carbocycles. The van der Waals surface area contributed by atoms with Crippen molar-refractivity contribution in [2.24, 2.45) is 0 Å². The van der Waals surface area contributed by atoms with Crippen LogP contribution in [0.1, 0.15) is 28.4 Å². The van der Waals surface area contributed by atoms with Crippen LogP contribution < -0.4 is 10.6 Å². The summed E-state index contributed by atoms with van der Waals surface area (Å²) in [5, 5.41) is 6.25. The predicted octanol–water partition coefficient (Wildman–Crippen LogP) is 4.80. The number of aromatic nitrogens is 2. The van der Waals surface area contributed by atoms with Crippen LogP contribution in [0.4, 0.5) is 17.3 Å². The van der Waals surface area contributed by atoms with E-state index >= 15 is 0 Å². The molecule has 3 aliphatic rings. The number of carbonyl (C=O) groups excluding carboxylic acids is 1. The van der Waals surface area contributed by atoms with E-state index in [4.69, 9.17) is 9.72 Å². The third kappa shape index (κ3) is 3.75. The summed E-state index contributed by atoms with van der Waals surface area (Å²) in [5.41, 5.74) is 8.10. The van der Waals surface area contributed by atoms with Crippen LogP contribution in [0.3, 0.4) is 0 Å². The Kier molecular flexibility index (Phi) is 4.65. The van der Waals surface area contributed by atoms with Crippen molar-refractivity contribution in [1.29, 1.82) is 0 Å². The van der Waals surface area contributed by atoms with Crippen molar-refractivity contribution in [3.05, 3.63) is 101 Å². The van der Waals surface area contributed by atoms with Gasteiger partial charge in [0.25, 0.3) is 0 Å². The summed E-state index contributed by atoms with van der Waals surface area (Å²) >= 11 is 0. The van der Waals surface area contributed by atoms with Crippen LogP contribution >= 0.6 is 0 Å². The van der Waals surface area contributed by atoms with Crippen molar-refractivity contribution >= 4 is 23.2 Å². The standard InChI is InChI=1S/C28H23N5O2/c34-24-13-20-14-29-28(32-25(20)22-7-3-4-8-23(22)31-24)30-21-11-9-17(10-12-21)26-27(35-26)33-15-18-5-1-2-6-19(18)16-33/h1-12,14,26-27H,13,15-16H2,(H,31,34)(H,29,30,32). The number of ether oxygens (including phenoxy) is 1. The van der Waals surface area contributed by atoms with E-state index in [0.717, 1.165) is 46.8 Å². The molecule has 0 aliphatic carbocycles. The van der Waals surface area contributed by atoms with Gasteiger partial charge < -0.3 is 15.4 Å². The SMILES string of the molecule is O=C1Cc2cnc(Nc3ccc(C4OC4N4Cc5ccccc5C4)cc3)nc2-c2ccccc2N1. The number of para-hydroxylation sites is 1. The first kappa shape index (κ1) is 20.3. The molecule has 0 bridgehead atoms. The molecule has 0 radical (unpaired) electrons. The molecule has 4 aromatic rings. The van der Waals surface area contributed by atoms with E-state index in [1.807, 2.05) is 36.4 Å². The van der Waals surface area contributed by atoms with Gasteiger partial charge in [0.15, 0.2) is 0 Å². The summed E-state index contributed by atoms with van der Waals surface area (Å²) in [7, 11) is 0. The van der Waals surface area contributed by atoms with Gasteiger partial charge in [0.2, 0.25) is 11.9 Å². The van der Waals surface area contributed by atoms with Gasteiger partial charge in [0.1, 0.15) is 12.3 Å². The minimum absolute atomic E-state index is 0.0606. The lowest BCUT2D eigenvalue weighted by Crippen LogP contribution is -2.20. The molecule has 0 saturated carbocycles. The highest BCUT2D eigenvalue weighted by Crippen LogP contribution is 2.44. The zero-order chi connectivity index (χ0) is 23.4. The summed E-state index contributed by atoms with van der Waals surface area (Å²) in [6.07, 6.45) is 2.22. The van der Waals surface area contributed by atoms with Crippen LogP contribution in [-0.2, 0) is 29.0 Å². The van der Waals surface area contributed by atoms with Crippen molar-refractivity contribution in [1.82, 2.24) is 14.9 Å². The summed E-state index contributed by atoms with van der Waals surface area (Å²) in [6.45, 7) is 1.88. The van der Waals surface area contributed by atoms with Crippen LogP contribution in [0, 0.1) is 0 Å². The molecule has 2 N–H and O–H groups in total. The maximum Gasteiger partial charge on any atom is 0.228 e. The Bertz CT molecular complexity index is 1430. The van der Waals surface area contributed by atoms with Crippen LogP contribution in [0.25, 0.3) is 11.3 Å². The van der Waals surface area contributed by atoms with E-state index in [2.05, 4.69) is 56.9 Å². The second kappa shape index (κ2) is 8.01. The number of carbonyl (C=O) groups is 1. The maximum atomic E-state index is 12.2. The number of fused-ring (bicyclic) bond motifs is 4. The lowest BCUT2D eigenvalue weighted by molar-refractivity contribution is -0.115. The van der Waals surface area contributed by atoms with Crippen molar-refractivity contribution in [2.45, 2.75) is 31.8 Å². The number of anilines is 3. The second-order valence-corrected chi connectivity index (χ2v) is 9.21. The molecule has 1 saturated heterocycles. The van der Waals surface area contributed by atoms with Gasteiger partial charge in [-0.05, 0) is 34.9 Å². The summed E-state index contributed by atoms with van der Waals surface area (Å²) in [6, 6.07) is 24.6. The molecule has 0 spiro atoms. The Morgan fingerprint density at radius 2 is 1.66 bits per heavy atom. The molecular weight excluding hydrogens is 438 g/mol. The lowest BCUT2D eigenvalue weighted by Gasteiger charge is -2.12. The predicted molar refractivity (Wildman–Crippen MR) is 133 cm³/mol. The number of nitrogens with one attached hydrogen (secondary N) is 2. The molecule has 2 unspecified atom stereocenters. The summed E-state index contributed by atoms with van der Waals surface area (Å²) < 4.78 is 6.04. The zero-order valence-electron chi connectivity index (χ0n) is 18.9. The zero-order valence-corrected chi connectivity index (χ0v) is 18.9. The molecule has 1 aromatic heterocycles. The monoisotopic (exact) mass is 461 g/mol. The fraction of sp³-hybridized carbons (Fsp3) is 0.179. The highest BCUT2D eigenvalue weighted by Gasteiger charge is 2.46. The van der Waals surface area contributed by atoms with Crippen LogP contribution in [0.5, 0.6) is 0 Å². The first-order valence-electron chi connectivity index (χ1n) is 11.8. The van der Waals surface area contributed by atoms with Crippen molar-refractivity contribution in [3.8, 4) is 11.3 Å².